The largest absolute Gasteiger partial charge is 0.315 e. The lowest BCUT2D eigenvalue weighted by Crippen LogP contribution is -2.20. The summed E-state index contributed by atoms with van der Waals surface area (Å²) in [5.74, 6) is 0.0390. The zero-order valence-corrected chi connectivity index (χ0v) is 13.4. The molecule has 0 radical (unpaired) electrons. The number of carbonyl (C=O) groups excluding carboxylic acids is 2. The van der Waals surface area contributed by atoms with Crippen molar-refractivity contribution in [3.05, 3.63) is 63.1 Å². The van der Waals surface area contributed by atoms with Crippen molar-refractivity contribution in [2.45, 2.75) is 13.3 Å². The Bertz CT molecular complexity index is 747. The molecule has 1 heterocycles. The highest BCUT2D eigenvalue weighted by Gasteiger charge is 2.25. The van der Waals surface area contributed by atoms with Crippen LogP contribution in [0.15, 0.2) is 40.9 Å². The van der Waals surface area contributed by atoms with Crippen LogP contribution in [0.1, 0.15) is 27.0 Å². The van der Waals surface area contributed by atoms with Crippen molar-refractivity contribution in [2.75, 3.05) is 11.9 Å². The van der Waals surface area contributed by atoms with Gasteiger partial charge in [-0.3, -0.25) is 9.59 Å². The lowest BCUT2D eigenvalue weighted by Gasteiger charge is -2.10. The minimum absolute atomic E-state index is 0.0239. The molecule has 2 aromatic rings. The van der Waals surface area contributed by atoms with Crippen LogP contribution in [0.2, 0.25) is 0 Å². The monoisotopic (exact) mass is 343 g/mol. The summed E-state index contributed by atoms with van der Waals surface area (Å²) < 4.78 is 0.891. The van der Waals surface area contributed by atoms with Gasteiger partial charge in [-0.25, -0.2) is 0 Å². The Morgan fingerprint density at radius 3 is 2.62 bits per heavy atom. The lowest BCUT2D eigenvalue weighted by atomic mass is 9.99. The molecule has 0 unspecified atom stereocenters. The smallest absolute Gasteiger partial charge is 0.231 e. The molecular weight excluding hydrogens is 330 g/mol. The minimum Gasteiger partial charge on any atom is -0.315 e. The number of likely N-dealkylation sites (N-methyl/N-ethyl adjacent to an activating group) is 1. The number of hydrogen-bond acceptors (Lipinski definition) is 2. The van der Waals surface area contributed by atoms with Gasteiger partial charge in [0.25, 0.3) is 0 Å². The molecule has 21 heavy (non-hydrogen) atoms. The number of aryl methyl sites for hydroxylation is 1. The average Bonchev–Trinajstić information content (AvgIpc) is 2.71. The van der Waals surface area contributed by atoms with Crippen LogP contribution >= 0.6 is 15.9 Å². The summed E-state index contributed by atoms with van der Waals surface area (Å²) in [5, 5.41) is 0. The normalized spacial score (nSPS) is 13.5. The van der Waals surface area contributed by atoms with Crippen molar-refractivity contribution in [3.63, 3.8) is 0 Å². The number of halogens is 1. The van der Waals surface area contributed by atoms with Crippen molar-refractivity contribution < 1.29 is 9.59 Å². The predicted molar refractivity (Wildman–Crippen MR) is 85.9 cm³/mol. The van der Waals surface area contributed by atoms with Gasteiger partial charge in [-0.2, -0.15) is 0 Å². The van der Waals surface area contributed by atoms with Crippen LogP contribution in [0.3, 0.4) is 0 Å². The van der Waals surface area contributed by atoms with Crippen LogP contribution in [0.25, 0.3) is 0 Å². The first kappa shape index (κ1) is 14.0. The molecule has 3 rings (SSSR count). The van der Waals surface area contributed by atoms with Crippen LogP contribution in [0.4, 0.5) is 5.69 Å². The Balaban J connectivity index is 2.00. The molecule has 0 saturated carbocycles. The number of hydrogen-bond donors (Lipinski definition) is 0. The van der Waals surface area contributed by atoms with Crippen molar-refractivity contribution in [3.8, 4) is 0 Å². The number of benzene rings is 2. The molecule has 0 atom stereocenters. The number of anilines is 1. The highest BCUT2D eigenvalue weighted by Crippen LogP contribution is 2.29. The molecule has 3 nitrogen and oxygen atoms in total. The zero-order chi connectivity index (χ0) is 15.1. The second kappa shape index (κ2) is 5.11. The second-order valence-corrected chi connectivity index (χ2v) is 6.24. The summed E-state index contributed by atoms with van der Waals surface area (Å²) in [7, 11) is 1.76. The number of nitrogens with zero attached hydrogens (tertiary/aromatic N) is 1. The van der Waals surface area contributed by atoms with Crippen molar-refractivity contribution >= 4 is 33.3 Å². The van der Waals surface area contributed by atoms with E-state index in [0.717, 1.165) is 21.3 Å². The van der Waals surface area contributed by atoms with Crippen LogP contribution in [0.5, 0.6) is 0 Å². The first-order valence-electron chi connectivity index (χ1n) is 6.67. The third-order valence-electron chi connectivity index (χ3n) is 3.72. The highest BCUT2D eigenvalue weighted by atomic mass is 79.9. The van der Waals surface area contributed by atoms with E-state index in [1.807, 2.05) is 37.3 Å². The summed E-state index contributed by atoms with van der Waals surface area (Å²) in [5.41, 5.74) is 4.11. The highest BCUT2D eigenvalue weighted by molar-refractivity contribution is 9.10. The zero-order valence-electron chi connectivity index (χ0n) is 11.8. The Kier molecular flexibility index (Phi) is 3.41. The van der Waals surface area contributed by atoms with Gasteiger partial charge in [0.15, 0.2) is 5.78 Å². The molecule has 1 amide bonds. The Hall–Kier alpha value is -1.94. The summed E-state index contributed by atoms with van der Waals surface area (Å²) in [6.45, 7) is 1.96. The minimum atomic E-state index is -0.0239. The average molecular weight is 344 g/mol. The fourth-order valence-corrected chi connectivity index (χ4v) is 3.25. The third-order valence-corrected chi connectivity index (χ3v) is 4.18. The predicted octanol–water partition coefficient (Wildman–Crippen LogP) is 3.51. The molecule has 2 aromatic carbocycles. The van der Waals surface area contributed by atoms with E-state index in [-0.39, 0.29) is 11.7 Å². The standard InChI is InChI=1S/C17H14BrNO2/c1-10-5-13(8-14(18)6-10)17(21)11-3-4-15-12(7-11)9-16(20)19(15)2/h3-8H,9H2,1-2H3. The SMILES string of the molecule is Cc1cc(Br)cc(C(=O)c2ccc3c(c2)CC(=O)N3C)c1. The van der Waals surface area contributed by atoms with E-state index in [1.54, 1.807) is 18.0 Å². The molecule has 0 spiro atoms. The summed E-state index contributed by atoms with van der Waals surface area (Å²) in [6, 6.07) is 11.1. The van der Waals surface area contributed by atoms with Crippen molar-refractivity contribution in [2.24, 2.45) is 0 Å². The number of amides is 1. The molecule has 0 N–H and O–H groups in total. The topological polar surface area (TPSA) is 37.4 Å². The maximum Gasteiger partial charge on any atom is 0.231 e. The first-order chi connectivity index (χ1) is 9.95. The molecule has 0 aromatic heterocycles. The van der Waals surface area contributed by atoms with Gasteiger partial charge in [0.2, 0.25) is 5.91 Å². The van der Waals surface area contributed by atoms with Crippen LogP contribution in [-0.4, -0.2) is 18.7 Å². The number of carbonyl (C=O) groups is 2. The van der Waals surface area contributed by atoms with Crippen molar-refractivity contribution in [1.82, 2.24) is 0 Å². The molecule has 1 aliphatic rings. The number of rotatable bonds is 2. The van der Waals surface area contributed by atoms with E-state index >= 15 is 0 Å². The summed E-state index contributed by atoms with van der Waals surface area (Å²) in [4.78, 5) is 25.9. The molecule has 0 aliphatic carbocycles. The van der Waals surface area contributed by atoms with Gasteiger partial charge in [-0.1, -0.05) is 15.9 Å². The Morgan fingerprint density at radius 2 is 1.90 bits per heavy atom. The Labute approximate surface area is 131 Å². The third kappa shape index (κ3) is 2.51. The molecule has 1 aliphatic heterocycles. The molecular formula is C17H14BrNO2. The van der Waals surface area contributed by atoms with Gasteiger partial charge in [-0.05, 0) is 54.4 Å². The molecule has 0 fully saturated rings. The quantitative estimate of drug-likeness (QED) is 0.782. The van der Waals surface area contributed by atoms with Gasteiger partial charge >= 0.3 is 0 Å². The van der Waals surface area contributed by atoms with E-state index in [1.165, 1.54) is 0 Å². The van der Waals surface area contributed by atoms with E-state index in [0.29, 0.717) is 17.5 Å². The van der Waals surface area contributed by atoms with Gasteiger partial charge in [0.05, 0.1) is 6.42 Å². The van der Waals surface area contributed by atoms with Gasteiger partial charge in [0.1, 0.15) is 0 Å². The molecule has 0 bridgehead atoms. The Morgan fingerprint density at radius 1 is 1.14 bits per heavy atom. The van der Waals surface area contributed by atoms with E-state index in [4.69, 9.17) is 0 Å². The van der Waals surface area contributed by atoms with Crippen LogP contribution in [0, 0.1) is 6.92 Å². The maximum absolute atomic E-state index is 12.6. The van der Waals surface area contributed by atoms with E-state index < -0.39 is 0 Å². The van der Waals surface area contributed by atoms with Crippen molar-refractivity contribution in [1.29, 1.82) is 0 Å². The fraction of sp³-hybridized carbons (Fsp3) is 0.176. The summed E-state index contributed by atoms with van der Waals surface area (Å²) >= 11 is 3.42. The first-order valence-corrected chi connectivity index (χ1v) is 7.46. The summed E-state index contributed by atoms with van der Waals surface area (Å²) in [6.07, 6.45) is 0.366. The van der Waals surface area contributed by atoms with Gasteiger partial charge < -0.3 is 4.90 Å². The second-order valence-electron chi connectivity index (χ2n) is 5.32. The molecule has 4 heteroatoms. The molecule has 0 saturated heterocycles. The maximum atomic E-state index is 12.6. The van der Waals surface area contributed by atoms with Crippen LogP contribution in [-0.2, 0) is 11.2 Å². The van der Waals surface area contributed by atoms with Crippen LogP contribution < -0.4 is 4.90 Å². The number of ketones is 1. The number of fused-ring (bicyclic) bond motifs is 1. The van der Waals surface area contributed by atoms with E-state index in [9.17, 15) is 9.59 Å². The van der Waals surface area contributed by atoms with E-state index in [2.05, 4.69) is 15.9 Å². The molecule has 106 valence electrons. The van der Waals surface area contributed by atoms with Gasteiger partial charge in [0, 0.05) is 28.3 Å². The lowest BCUT2D eigenvalue weighted by molar-refractivity contribution is -0.117. The fourth-order valence-electron chi connectivity index (χ4n) is 2.65. The van der Waals surface area contributed by atoms with Gasteiger partial charge in [-0.15, -0.1) is 0 Å².